The third-order valence-electron chi connectivity index (χ3n) is 5.31. The Morgan fingerprint density at radius 3 is 2.50 bits per heavy atom. The standard InChI is InChI=1S/C22H20ClN3OS/c1-12-3-8-17(13(2)9-12)15-10-18(14-4-6-16(23)7-5-14)20(19(27)11-15)21-24-22(28)26-25-21/h3-9,11,18,20H,10H2,1-2H3,(H2,24,25,26,28). The van der Waals surface area contributed by atoms with E-state index in [-0.39, 0.29) is 11.7 Å². The van der Waals surface area contributed by atoms with Crippen LogP contribution in [-0.2, 0) is 4.79 Å². The summed E-state index contributed by atoms with van der Waals surface area (Å²) in [6.45, 7) is 4.16. The molecule has 2 unspecified atom stereocenters. The Labute approximate surface area is 173 Å². The Bertz CT molecular complexity index is 1130. The highest BCUT2D eigenvalue weighted by molar-refractivity contribution is 7.71. The van der Waals surface area contributed by atoms with Crippen molar-refractivity contribution in [3.8, 4) is 0 Å². The molecule has 0 spiro atoms. The number of hydrogen-bond donors (Lipinski definition) is 2. The van der Waals surface area contributed by atoms with Crippen molar-refractivity contribution in [2.24, 2.45) is 0 Å². The molecule has 0 amide bonds. The zero-order chi connectivity index (χ0) is 19.8. The van der Waals surface area contributed by atoms with Gasteiger partial charge in [0.25, 0.3) is 0 Å². The van der Waals surface area contributed by atoms with Crippen molar-refractivity contribution in [3.05, 3.63) is 86.4 Å². The second-order valence-electron chi connectivity index (χ2n) is 7.28. The molecule has 4 nitrogen and oxygen atoms in total. The van der Waals surface area contributed by atoms with Crippen LogP contribution in [0.4, 0.5) is 0 Å². The fourth-order valence-corrected chi connectivity index (χ4v) is 4.29. The van der Waals surface area contributed by atoms with Crippen LogP contribution in [-0.4, -0.2) is 21.0 Å². The topological polar surface area (TPSA) is 61.5 Å². The summed E-state index contributed by atoms with van der Waals surface area (Å²) in [6, 6.07) is 14.0. The van der Waals surface area contributed by atoms with E-state index < -0.39 is 5.92 Å². The lowest BCUT2D eigenvalue weighted by molar-refractivity contribution is -0.116. The van der Waals surface area contributed by atoms with Crippen LogP contribution in [0, 0.1) is 18.6 Å². The number of aromatic nitrogens is 3. The number of ketones is 1. The molecule has 0 radical (unpaired) electrons. The van der Waals surface area contributed by atoms with Gasteiger partial charge in [0.15, 0.2) is 5.78 Å². The molecule has 1 aliphatic carbocycles. The monoisotopic (exact) mass is 409 g/mol. The van der Waals surface area contributed by atoms with Crippen molar-refractivity contribution in [1.29, 1.82) is 0 Å². The molecule has 3 aromatic rings. The molecule has 2 atom stereocenters. The molecule has 0 fully saturated rings. The lowest BCUT2D eigenvalue weighted by Gasteiger charge is -2.30. The van der Waals surface area contributed by atoms with Crippen molar-refractivity contribution >= 4 is 35.2 Å². The summed E-state index contributed by atoms with van der Waals surface area (Å²) >= 11 is 11.2. The van der Waals surface area contributed by atoms with Gasteiger partial charge in [-0.2, -0.15) is 0 Å². The highest BCUT2D eigenvalue weighted by Gasteiger charge is 2.37. The van der Waals surface area contributed by atoms with Gasteiger partial charge < -0.3 is 0 Å². The second kappa shape index (κ2) is 7.49. The minimum atomic E-state index is -0.413. The lowest BCUT2D eigenvalue weighted by atomic mass is 9.73. The van der Waals surface area contributed by atoms with Gasteiger partial charge in [-0.05, 0) is 73.0 Å². The van der Waals surface area contributed by atoms with E-state index in [1.54, 1.807) is 6.08 Å². The van der Waals surface area contributed by atoms with E-state index in [9.17, 15) is 4.79 Å². The first-order chi connectivity index (χ1) is 13.4. The van der Waals surface area contributed by atoms with Crippen LogP contribution in [0.3, 0.4) is 0 Å². The van der Waals surface area contributed by atoms with Gasteiger partial charge in [0.2, 0.25) is 4.77 Å². The van der Waals surface area contributed by atoms with E-state index in [0.29, 0.717) is 15.6 Å². The predicted octanol–water partition coefficient (Wildman–Crippen LogP) is 5.66. The predicted molar refractivity (Wildman–Crippen MR) is 114 cm³/mol. The third kappa shape index (κ3) is 3.60. The molecule has 1 heterocycles. The van der Waals surface area contributed by atoms with Crippen LogP contribution in [0.5, 0.6) is 0 Å². The molecule has 0 aliphatic heterocycles. The van der Waals surface area contributed by atoms with Crippen LogP contribution in [0.25, 0.3) is 5.57 Å². The highest BCUT2D eigenvalue weighted by atomic mass is 35.5. The number of nitrogens with zero attached hydrogens (tertiary/aromatic N) is 1. The molecule has 2 aromatic carbocycles. The van der Waals surface area contributed by atoms with Crippen molar-refractivity contribution in [2.45, 2.75) is 32.1 Å². The smallest absolute Gasteiger partial charge is 0.213 e. The molecule has 4 rings (SSSR count). The van der Waals surface area contributed by atoms with Crippen molar-refractivity contribution in [3.63, 3.8) is 0 Å². The number of rotatable bonds is 3. The summed E-state index contributed by atoms with van der Waals surface area (Å²) in [6.07, 6.45) is 2.50. The summed E-state index contributed by atoms with van der Waals surface area (Å²) in [4.78, 5) is 17.5. The number of aromatic amines is 2. The zero-order valence-corrected chi connectivity index (χ0v) is 17.2. The maximum absolute atomic E-state index is 13.2. The van der Waals surface area contributed by atoms with Gasteiger partial charge in [0.1, 0.15) is 5.82 Å². The highest BCUT2D eigenvalue weighted by Crippen LogP contribution is 2.44. The van der Waals surface area contributed by atoms with Gasteiger partial charge in [-0.25, -0.2) is 4.98 Å². The number of benzene rings is 2. The van der Waals surface area contributed by atoms with E-state index in [2.05, 4.69) is 47.2 Å². The maximum Gasteiger partial charge on any atom is 0.213 e. The van der Waals surface area contributed by atoms with Gasteiger partial charge in [-0.1, -0.05) is 47.5 Å². The number of H-pyrrole nitrogens is 2. The summed E-state index contributed by atoms with van der Waals surface area (Å²) in [5, 5.41) is 6.46. The summed E-state index contributed by atoms with van der Waals surface area (Å²) in [5.74, 6) is 0.132. The van der Waals surface area contributed by atoms with Crippen LogP contribution >= 0.6 is 23.8 Å². The molecule has 6 heteroatoms. The molecule has 1 aromatic heterocycles. The van der Waals surface area contributed by atoms with Gasteiger partial charge in [0.05, 0.1) is 5.92 Å². The second-order valence-corrected chi connectivity index (χ2v) is 8.11. The Kier molecular flexibility index (Phi) is 5.04. The van der Waals surface area contributed by atoms with Gasteiger partial charge in [0, 0.05) is 10.9 Å². The molecule has 0 saturated carbocycles. The summed E-state index contributed by atoms with van der Waals surface area (Å²) in [5.41, 5.74) is 5.60. The Morgan fingerprint density at radius 2 is 1.86 bits per heavy atom. The quantitative estimate of drug-likeness (QED) is 0.548. The number of halogens is 1. The molecular weight excluding hydrogens is 390 g/mol. The van der Waals surface area contributed by atoms with Gasteiger partial charge in [-0.3, -0.25) is 15.0 Å². The molecule has 28 heavy (non-hydrogen) atoms. The number of aryl methyl sites for hydroxylation is 2. The number of allylic oxidation sites excluding steroid dienone is 2. The lowest BCUT2D eigenvalue weighted by Crippen LogP contribution is -2.25. The van der Waals surface area contributed by atoms with Crippen LogP contribution in [0.2, 0.25) is 5.02 Å². The van der Waals surface area contributed by atoms with E-state index in [4.69, 9.17) is 23.8 Å². The minimum absolute atomic E-state index is 0.0268. The SMILES string of the molecule is Cc1ccc(C2=CC(=O)C(c3nc(=S)[nH][nH]3)C(c3ccc(Cl)cc3)C2)c(C)c1. The van der Waals surface area contributed by atoms with Gasteiger partial charge >= 0.3 is 0 Å². The molecular formula is C22H20ClN3OS. The first-order valence-corrected chi connectivity index (χ1v) is 9.93. The van der Waals surface area contributed by atoms with Crippen LogP contribution in [0.15, 0.2) is 48.5 Å². The summed E-state index contributed by atoms with van der Waals surface area (Å²) in [7, 11) is 0. The van der Waals surface area contributed by atoms with Crippen molar-refractivity contribution in [1.82, 2.24) is 15.2 Å². The fourth-order valence-electron chi connectivity index (χ4n) is 4.01. The average molecular weight is 410 g/mol. The Morgan fingerprint density at radius 1 is 1.11 bits per heavy atom. The van der Waals surface area contributed by atoms with E-state index in [0.717, 1.165) is 23.1 Å². The van der Waals surface area contributed by atoms with E-state index >= 15 is 0 Å². The third-order valence-corrected chi connectivity index (χ3v) is 5.75. The molecule has 1 aliphatic rings. The largest absolute Gasteiger partial charge is 0.294 e. The van der Waals surface area contributed by atoms with Crippen molar-refractivity contribution in [2.75, 3.05) is 0 Å². The Hall–Kier alpha value is -2.50. The maximum atomic E-state index is 13.2. The van der Waals surface area contributed by atoms with Gasteiger partial charge in [-0.15, -0.1) is 0 Å². The summed E-state index contributed by atoms with van der Waals surface area (Å²) < 4.78 is 0.349. The average Bonchev–Trinajstić information content (AvgIpc) is 3.07. The fraction of sp³-hybridized carbons (Fsp3) is 0.227. The number of hydrogen-bond acceptors (Lipinski definition) is 3. The van der Waals surface area contributed by atoms with Crippen LogP contribution in [0.1, 0.15) is 46.3 Å². The molecule has 0 bridgehead atoms. The minimum Gasteiger partial charge on any atom is -0.294 e. The molecule has 142 valence electrons. The number of carbonyl (C=O) groups is 1. The van der Waals surface area contributed by atoms with E-state index in [1.165, 1.54) is 11.1 Å². The Balaban J connectivity index is 1.82. The zero-order valence-electron chi connectivity index (χ0n) is 15.6. The van der Waals surface area contributed by atoms with Crippen LogP contribution < -0.4 is 0 Å². The number of carbonyl (C=O) groups excluding carboxylic acids is 1. The van der Waals surface area contributed by atoms with E-state index in [1.807, 2.05) is 24.3 Å². The normalized spacial score (nSPS) is 19.5. The first-order valence-electron chi connectivity index (χ1n) is 9.14. The molecule has 0 saturated heterocycles. The molecule has 2 N–H and O–H groups in total. The van der Waals surface area contributed by atoms with Crippen molar-refractivity contribution < 1.29 is 4.79 Å². The first kappa shape index (κ1) is 18.8. The number of nitrogens with one attached hydrogen (secondary N) is 2.